The second-order valence-corrected chi connectivity index (χ2v) is 5.63. The Hall–Kier alpha value is -2.62. The van der Waals surface area contributed by atoms with Crippen molar-refractivity contribution in [3.8, 4) is 0 Å². The fourth-order valence-corrected chi connectivity index (χ4v) is 2.75. The number of aromatic nitrogens is 2. The van der Waals surface area contributed by atoms with Gasteiger partial charge in [0.05, 0.1) is 11.3 Å². The van der Waals surface area contributed by atoms with E-state index in [2.05, 4.69) is 29.4 Å². The van der Waals surface area contributed by atoms with Gasteiger partial charge in [0, 0.05) is 18.4 Å². The molecule has 4 heteroatoms. The van der Waals surface area contributed by atoms with E-state index in [0.717, 1.165) is 29.9 Å². The van der Waals surface area contributed by atoms with E-state index in [1.807, 2.05) is 47.9 Å². The number of carbonyl (C=O) groups is 1. The summed E-state index contributed by atoms with van der Waals surface area (Å²) in [7, 11) is 0. The highest BCUT2D eigenvalue weighted by Crippen LogP contribution is 2.14. The average molecular weight is 307 g/mol. The summed E-state index contributed by atoms with van der Waals surface area (Å²) in [6.45, 7) is 4.76. The summed E-state index contributed by atoms with van der Waals surface area (Å²) >= 11 is 0. The summed E-state index contributed by atoms with van der Waals surface area (Å²) in [4.78, 5) is 16.9. The Bertz CT molecular complexity index is 821. The van der Waals surface area contributed by atoms with E-state index in [-0.39, 0.29) is 5.91 Å². The number of nitrogens with zero attached hydrogens (tertiary/aromatic N) is 2. The van der Waals surface area contributed by atoms with E-state index in [4.69, 9.17) is 0 Å². The van der Waals surface area contributed by atoms with E-state index >= 15 is 0 Å². The molecule has 0 saturated carbocycles. The normalized spacial score (nSPS) is 10.9. The molecule has 1 N–H and O–H groups in total. The maximum Gasteiger partial charge on any atom is 0.252 e. The number of carbonyl (C=O) groups excluding carboxylic acids is 1. The number of aryl methyl sites for hydroxylation is 2. The van der Waals surface area contributed by atoms with Crippen LogP contribution in [0.2, 0.25) is 0 Å². The van der Waals surface area contributed by atoms with Crippen molar-refractivity contribution in [2.45, 2.75) is 26.7 Å². The lowest BCUT2D eigenvalue weighted by molar-refractivity contribution is 0.0953. The van der Waals surface area contributed by atoms with Crippen molar-refractivity contribution < 1.29 is 4.79 Å². The molecular weight excluding hydrogens is 286 g/mol. The molecule has 0 radical (unpaired) electrons. The van der Waals surface area contributed by atoms with Crippen molar-refractivity contribution in [1.29, 1.82) is 0 Å². The molecule has 118 valence electrons. The number of benzene rings is 1. The van der Waals surface area contributed by atoms with Crippen LogP contribution in [0.15, 0.2) is 48.7 Å². The van der Waals surface area contributed by atoms with E-state index in [0.29, 0.717) is 12.1 Å². The SMILES string of the molecule is CCc1nc2ccc(C(=O)NCCc3ccccc3)cn2c1C. The average Bonchev–Trinajstić information content (AvgIpc) is 2.91. The van der Waals surface area contributed by atoms with E-state index in [1.54, 1.807) is 0 Å². The Kier molecular flexibility index (Phi) is 4.42. The van der Waals surface area contributed by atoms with Crippen LogP contribution in [0.25, 0.3) is 5.65 Å². The number of hydrogen-bond donors (Lipinski definition) is 1. The molecule has 0 saturated heterocycles. The molecule has 0 aliphatic heterocycles. The van der Waals surface area contributed by atoms with E-state index < -0.39 is 0 Å². The molecule has 1 aromatic carbocycles. The van der Waals surface area contributed by atoms with Gasteiger partial charge in [-0.15, -0.1) is 0 Å². The third-order valence-electron chi connectivity index (χ3n) is 4.09. The molecule has 2 heterocycles. The van der Waals surface area contributed by atoms with Gasteiger partial charge in [0.1, 0.15) is 5.65 Å². The summed E-state index contributed by atoms with van der Waals surface area (Å²) in [6.07, 6.45) is 3.60. The van der Waals surface area contributed by atoms with Crippen LogP contribution < -0.4 is 5.32 Å². The lowest BCUT2D eigenvalue weighted by atomic mass is 10.1. The zero-order valence-electron chi connectivity index (χ0n) is 13.5. The molecule has 4 nitrogen and oxygen atoms in total. The van der Waals surface area contributed by atoms with Gasteiger partial charge in [-0.25, -0.2) is 4.98 Å². The first-order valence-electron chi connectivity index (χ1n) is 7.98. The minimum atomic E-state index is -0.0472. The van der Waals surface area contributed by atoms with Gasteiger partial charge in [-0.1, -0.05) is 37.3 Å². The monoisotopic (exact) mass is 307 g/mol. The molecule has 0 unspecified atom stereocenters. The number of rotatable bonds is 5. The molecule has 1 amide bonds. The molecule has 0 atom stereocenters. The molecule has 0 spiro atoms. The highest BCUT2D eigenvalue weighted by atomic mass is 16.1. The predicted molar refractivity (Wildman–Crippen MR) is 91.8 cm³/mol. The van der Waals surface area contributed by atoms with Gasteiger partial charge in [-0.3, -0.25) is 4.79 Å². The third kappa shape index (κ3) is 3.26. The maximum atomic E-state index is 12.3. The number of fused-ring (bicyclic) bond motifs is 1. The first-order chi connectivity index (χ1) is 11.2. The zero-order valence-corrected chi connectivity index (χ0v) is 13.5. The first kappa shape index (κ1) is 15.3. The van der Waals surface area contributed by atoms with Crippen LogP contribution in [-0.4, -0.2) is 21.8 Å². The van der Waals surface area contributed by atoms with Crippen LogP contribution in [-0.2, 0) is 12.8 Å². The standard InChI is InChI=1S/C19H21N3O/c1-3-17-14(2)22-13-16(9-10-18(22)21-17)19(23)20-12-11-15-7-5-4-6-8-15/h4-10,13H,3,11-12H2,1-2H3,(H,20,23). The molecule has 3 aromatic rings. The number of amides is 1. The largest absolute Gasteiger partial charge is 0.352 e. The molecule has 0 fully saturated rings. The van der Waals surface area contributed by atoms with E-state index in [9.17, 15) is 4.79 Å². The fourth-order valence-electron chi connectivity index (χ4n) is 2.75. The van der Waals surface area contributed by atoms with Gasteiger partial charge in [0.2, 0.25) is 0 Å². The summed E-state index contributed by atoms with van der Waals surface area (Å²) in [5.41, 5.74) is 4.95. The third-order valence-corrected chi connectivity index (χ3v) is 4.09. The predicted octanol–water partition coefficient (Wildman–Crippen LogP) is 3.18. The molecule has 0 aliphatic carbocycles. The van der Waals surface area contributed by atoms with Crippen molar-refractivity contribution in [2.75, 3.05) is 6.54 Å². The van der Waals surface area contributed by atoms with Crippen LogP contribution in [0.5, 0.6) is 0 Å². The Labute approximate surface area is 136 Å². The Morgan fingerprint density at radius 2 is 1.96 bits per heavy atom. The van der Waals surface area contributed by atoms with Gasteiger partial charge >= 0.3 is 0 Å². The van der Waals surface area contributed by atoms with Crippen molar-refractivity contribution >= 4 is 11.6 Å². The molecule has 23 heavy (non-hydrogen) atoms. The van der Waals surface area contributed by atoms with Crippen molar-refractivity contribution in [2.24, 2.45) is 0 Å². The zero-order chi connectivity index (χ0) is 16.2. The summed E-state index contributed by atoms with van der Waals surface area (Å²) in [5.74, 6) is -0.0472. The summed E-state index contributed by atoms with van der Waals surface area (Å²) in [6, 6.07) is 13.9. The Morgan fingerprint density at radius 3 is 2.70 bits per heavy atom. The number of nitrogens with one attached hydrogen (secondary N) is 1. The second kappa shape index (κ2) is 6.65. The van der Waals surface area contributed by atoms with Crippen molar-refractivity contribution in [1.82, 2.24) is 14.7 Å². The molecular formula is C19H21N3O. The van der Waals surface area contributed by atoms with Crippen LogP contribution in [0.3, 0.4) is 0 Å². The topological polar surface area (TPSA) is 46.4 Å². The summed E-state index contributed by atoms with van der Waals surface area (Å²) in [5, 5.41) is 2.98. The number of imidazole rings is 1. The van der Waals surface area contributed by atoms with Crippen LogP contribution >= 0.6 is 0 Å². The van der Waals surface area contributed by atoms with Crippen LogP contribution in [0.1, 0.15) is 34.2 Å². The Balaban J connectivity index is 1.69. The van der Waals surface area contributed by atoms with Gasteiger partial charge in [0.25, 0.3) is 5.91 Å². The molecule has 0 aliphatic rings. The summed E-state index contributed by atoms with van der Waals surface area (Å²) < 4.78 is 1.99. The van der Waals surface area contributed by atoms with Gasteiger partial charge in [-0.2, -0.15) is 0 Å². The quantitative estimate of drug-likeness (QED) is 0.787. The second-order valence-electron chi connectivity index (χ2n) is 5.63. The minimum absolute atomic E-state index is 0.0472. The molecule has 0 bridgehead atoms. The van der Waals surface area contributed by atoms with Crippen LogP contribution in [0.4, 0.5) is 0 Å². The van der Waals surface area contributed by atoms with Gasteiger partial charge < -0.3 is 9.72 Å². The minimum Gasteiger partial charge on any atom is -0.352 e. The highest BCUT2D eigenvalue weighted by Gasteiger charge is 2.10. The molecule has 3 rings (SSSR count). The smallest absolute Gasteiger partial charge is 0.252 e. The van der Waals surface area contributed by atoms with Crippen LogP contribution in [0, 0.1) is 6.92 Å². The van der Waals surface area contributed by atoms with E-state index in [1.165, 1.54) is 5.56 Å². The number of pyridine rings is 1. The maximum absolute atomic E-state index is 12.3. The highest BCUT2D eigenvalue weighted by molar-refractivity contribution is 5.94. The Morgan fingerprint density at radius 1 is 1.17 bits per heavy atom. The van der Waals surface area contributed by atoms with Gasteiger partial charge in [0.15, 0.2) is 0 Å². The first-order valence-corrected chi connectivity index (χ1v) is 7.98. The lowest BCUT2D eigenvalue weighted by Gasteiger charge is -2.06. The van der Waals surface area contributed by atoms with Crippen molar-refractivity contribution in [3.63, 3.8) is 0 Å². The lowest BCUT2D eigenvalue weighted by Crippen LogP contribution is -2.25. The van der Waals surface area contributed by atoms with Gasteiger partial charge in [-0.05, 0) is 37.5 Å². The fraction of sp³-hybridized carbons (Fsp3) is 0.263. The molecule has 2 aromatic heterocycles. The van der Waals surface area contributed by atoms with Crippen molar-refractivity contribution in [3.05, 3.63) is 71.2 Å². The number of hydrogen-bond acceptors (Lipinski definition) is 2.